The Bertz CT molecular complexity index is 305. The highest BCUT2D eigenvalue weighted by Gasteiger charge is 2.45. The number of hydrogen-bond donors (Lipinski definition) is 2. The first kappa shape index (κ1) is 18.9. The number of hydrogen-bond acceptors (Lipinski definition) is 8. The van der Waals surface area contributed by atoms with Gasteiger partial charge in [-0.15, -0.1) is 0 Å². The van der Waals surface area contributed by atoms with Gasteiger partial charge in [-0.25, -0.2) is 0 Å². The summed E-state index contributed by atoms with van der Waals surface area (Å²) in [7, 11) is -2.29. The highest BCUT2D eigenvalue weighted by Crippen LogP contribution is 2.66. The normalized spacial score (nSPS) is 29.0. The molecule has 2 saturated heterocycles. The predicted molar refractivity (Wildman–Crippen MR) is 80.5 cm³/mol. The Labute approximate surface area is 132 Å². The van der Waals surface area contributed by atoms with Crippen molar-refractivity contribution in [2.45, 2.75) is 18.6 Å². The smallest absolute Gasteiger partial charge is 0.187 e. The number of aliphatic hydroxyl groups is 2. The quantitative estimate of drug-likeness (QED) is 0.441. The number of aliphatic hydroxyl groups excluding tert-OH is 2. The van der Waals surface area contributed by atoms with Crippen molar-refractivity contribution in [3.05, 3.63) is 0 Å². The van der Waals surface area contributed by atoms with Gasteiger partial charge in [-0.2, -0.15) is 0 Å². The first-order chi connectivity index (χ1) is 10.8. The molecule has 0 radical (unpaired) electrons. The van der Waals surface area contributed by atoms with Crippen LogP contribution in [-0.2, 0) is 27.6 Å². The number of rotatable bonds is 10. The molecular weight excluding hydrogens is 334 g/mol. The molecule has 0 bridgehead atoms. The summed E-state index contributed by atoms with van der Waals surface area (Å²) >= 11 is 0. The molecule has 10 heteroatoms. The maximum Gasteiger partial charge on any atom is 0.187 e. The minimum Gasteiger partial charge on any atom is -0.394 e. The molecule has 2 fully saturated rings. The molecule has 130 valence electrons. The van der Waals surface area contributed by atoms with Crippen LogP contribution < -0.4 is 0 Å². The zero-order chi connectivity index (χ0) is 15.8. The fourth-order valence-electron chi connectivity index (χ4n) is 2.07. The van der Waals surface area contributed by atoms with Crippen LogP contribution in [0.1, 0.15) is 6.92 Å². The lowest BCUT2D eigenvalue weighted by Gasteiger charge is -2.29. The van der Waals surface area contributed by atoms with Crippen molar-refractivity contribution >= 4 is 16.8 Å². The van der Waals surface area contributed by atoms with Gasteiger partial charge in [0.15, 0.2) is 23.0 Å². The molecule has 0 aromatic rings. The zero-order valence-electron chi connectivity index (χ0n) is 12.6. The van der Waals surface area contributed by atoms with E-state index in [1.807, 2.05) is 6.92 Å². The average molecular weight is 358 g/mol. The molecule has 0 amide bonds. The van der Waals surface area contributed by atoms with Crippen LogP contribution in [0.2, 0.25) is 0 Å². The largest absolute Gasteiger partial charge is 0.394 e. The molecule has 4 atom stereocenters. The Balaban J connectivity index is 1.89. The topological polar surface area (TPSA) is 95.8 Å². The van der Waals surface area contributed by atoms with Gasteiger partial charge in [0.05, 0.1) is 46.2 Å². The second-order valence-corrected chi connectivity index (χ2v) is 8.50. The summed E-state index contributed by atoms with van der Waals surface area (Å²) in [5.74, 6) is 0.110. The van der Waals surface area contributed by atoms with Crippen LogP contribution in [-0.4, -0.2) is 74.8 Å². The molecule has 22 heavy (non-hydrogen) atoms. The second-order valence-electron chi connectivity index (χ2n) is 4.85. The van der Waals surface area contributed by atoms with E-state index >= 15 is 0 Å². The first-order valence-corrected chi connectivity index (χ1v) is 9.80. The maximum absolute atomic E-state index is 8.81. The van der Waals surface area contributed by atoms with Gasteiger partial charge >= 0.3 is 0 Å². The van der Waals surface area contributed by atoms with Crippen LogP contribution in [0.3, 0.4) is 0 Å². The van der Waals surface area contributed by atoms with E-state index in [1.165, 1.54) is 0 Å². The summed E-state index contributed by atoms with van der Waals surface area (Å²) in [6.07, 6.45) is -0.455. The van der Waals surface area contributed by atoms with Gasteiger partial charge in [-0.1, -0.05) is 6.92 Å². The van der Waals surface area contributed by atoms with Crippen LogP contribution >= 0.6 is 16.8 Å². The lowest BCUT2D eigenvalue weighted by molar-refractivity contribution is -0.0752. The van der Waals surface area contributed by atoms with Crippen molar-refractivity contribution in [3.63, 3.8) is 0 Å². The molecule has 2 heterocycles. The van der Waals surface area contributed by atoms with E-state index in [-0.39, 0.29) is 31.1 Å². The van der Waals surface area contributed by atoms with Crippen LogP contribution in [0.15, 0.2) is 0 Å². The monoisotopic (exact) mass is 358 g/mol. The molecule has 0 saturated carbocycles. The molecule has 0 aromatic carbocycles. The van der Waals surface area contributed by atoms with E-state index < -0.39 is 23.0 Å². The van der Waals surface area contributed by atoms with Crippen molar-refractivity contribution in [2.75, 3.05) is 52.9 Å². The van der Waals surface area contributed by atoms with Gasteiger partial charge in [-0.05, 0) is 5.92 Å². The Hall–Kier alpha value is 0.540. The van der Waals surface area contributed by atoms with Gasteiger partial charge in [0.1, 0.15) is 12.0 Å². The second kappa shape index (κ2) is 10.4. The Morgan fingerprint density at radius 2 is 1.82 bits per heavy atom. The molecular formula is C12H24O8P2. The molecule has 2 aliphatic rings. The molecule has 2 N–H and O–H groups in total. The van der Waals surface area contributed by atoms with Gasteiger partial charge < -0.3 is 37.8 Å². The molecule has 4 unspecified atom stereocenters. The Morgan fingerprint density at radius 3 is 2.50 bits per heavy atom. The van der Waals surface area contributed by atoms with E-state index in [1.54, 1.807) is 0 Å². The zero-order valence-corrected chi connectivity index (χ0v) is 14.4. The van der Waals surface area contributed by atoms with Crippen molar-refractivity contribution < 1.29 is 37.8 Å². The minimum atomic E-state index is -1.21. The first-order valence-electron chi connectivity index (χ1n) is 7.31. The van der Waals surface area contributed by atoms with Crippen LogP contribution in [0.5, 0.6) is 0 Å². The summed E-state index contributed by atoms with van der Waals surface area (Å²) in [4.78, 5) is 0. The summed E-state index contributed by atoms with van der Waals surface area (Å²) in [6, 6.07) is 0. The molecule has 0 aromatic heterocycles. The van der Waals surface area contributed by atoms with Gasteiger partial charge in [0.2, 0.25) is 0 Å². The van der Waals surface area contributed by atoms with Gasteiger partial charge in [-0.3, -0.25) is 0 Å². The fourth-order valence-corrected chi connectivity index (χ4v) is 6.30. The molecule has 8 nitrogen and oxygen atoms in total. The third kappa shape index (κ3) is 5.56. The van der Waals surface area contributed by atoms with E-state index in [0.29, 0.717) is 33.0 Å². The van der Waals surface area contributed by atoms with Crippen molar-refractivity contribution in [3.8, 4) is 0 Å². The highest BCUT2D eigenvalue weighted by molar-refractivity contribution is 7.66. The average Bonchev–Trinajstić information content (AvgIpc) is 3.18. The summed E-state index contributed by atoms with van der Waals surface area (Å²) < 4.78 is 33.7. The predicted octanol–water partition coefficient (Wildman–Crippen LogP) is 1.01. The maximum atomic E-state index is 8.81. The van der Waals surface area contributed by atoms with E-state index in [2.05, 4.69) is 0 Å². The van der Waals surface area contributed by atoms with Crippen LogP contribution in [0, 0.1) is 5.92 Å². The molecule has 2 aliphatic heterocycles. The van der Waals surface area contributed by atoms with E-state index in [9.17, 15) is 0 Å². The van der Waals surface area contributed by atoms with Gasteiger partial charge in [0.25, 0.3) is 0 Å². The lowest BCUT2D eigenvalue weighted by atomic mass is 10.2. The molecule has 2 rings (SSSR count). The summed E-state index contributed by atoms with van der Waals surface area (Å²) in [5.41, 5.74) is 0. The van der Waals surface area contributed by atoms with Crippen LogP contribution in [0.4, 0.5) is 0 Å². The van der Waals surface area contributed by atoms with Crippen molar-refractivity contribution in [2.24, 2.45) is 5.92 Å². The third-order valence-corrected chi connectivity index (χ3v) is 7.77. The summed E-state index contributed by atoms with van der Waals surface area (Å²) in [6.45, 7) is 4.49. The minimum absolute atomic E-state index is 0.00200. The van der Waals surface area contributed by atoms with Gasteiger partial charge in [0, 0.05) is 0 Å². The highest BCUT2D eigenvalue weighted by atomic mass is 31.2. The van der Waals surface area contributed by atoms with Crippen LogP contribution in [0.25, 0.3) is 0 Å². The Morgan fingerprint density at radius 1 is 1.09 bits per heavy atom. The lowest BCUT2D eigenvalue weighted by Crippen LogP contribution is -2.22. The number of ether oxygens (including phenoxy) is 2. The fraction of sp³-hybridized carbons (Fsp3) is 1.00. The summed E-state index contributed by atoms with van der Waals surface area (Å²) in [5, 5.41) is 17.6. The SMILES string of the molecule is CC(COCCO)C(P1OCCO1)P1OCC(OCCO)O1. The van der Waals surface area contributed by atoms with Crippen molar-refractivity contribution in [1.82, 2.24) is 0 Å². The third-order valence-electron chi connectivity index (χ3n) is 3.03. The Kier molecular flexibility index (Phi) is 8.93. The van der Waals surface area contributed by atoms with E-state index in [4.69, 9.17) is 37.8 Å². The van der Waals surface area contributed by atoms with E-state index in [0.717, 1.165) is 0 Å². The standard InChI is InChI=1S/C12H24O8P2/c1-10(8-15-4-2-13)12(21-17-6-7-18-21)22-19-9-11(20-22)16-5-3-14/h10-14H,2-9H2,1H3. The molecule has 0 spiro atoms. The molecule has 0 aliphatic carbocycles. The van der Waals surface area contributed by atoms with Crippen molar-refractivity contribution in [1.29, 1.82) is 0 Å².